The largest absolute Gasteiger partial charge is 0.496 e. The number of anilines is 1. The summed E-state index contributed by atoms with van der Waals surface area (Å²) in [6.07, 6.45) is -3.63. The van der Waals surface area contributed by atoms with Crippen molar-refractivity contribution in [2.75, 3.05) is 19.5 Å². The first-order chi connectivity index (χ1) is 10.8. The number of nitrogens with one attached hydrogen (secondary N) is 1. The molecule has 0 saturated carbocycles. The van der Waals surface area contributed by atoms with Crippen molar-refractivity contribution < 1.29 is 27.4 Å². The molecule has 0 amide bonds. The molecule has 23 heavy (non-hydrogen) atoms. The molecule has 0 unspecified atom stereocenters. The molecule has 1 heterocycles. The van der Waals surface area contributed by atoms with E-state index in [1.807, 2.05) is 0 Å². The molecule has 0 radical (unpaired) electrons. The predicted molar refractivity (Wildman–Crippen MR) is 78.8 cm³/mol. The predicted octanol–water partition coefficient (Wildman–Crippen LogP) is 3.57. The highest BCUT2D eigenvalue weighted by Gasteiger charge is 2.33. The van der Waals surface area contributed by atoms with Crippen LogP contribution in [-0.4, -0.2) is 25.2 Å². The molecule has 0 saturated heterocycles. The maximum absolute atomic E-state index is 12.5. The summed E-state index contributed by atoms with van der Waals surface area (Å²) in [4.78, 5) is 14.6. The van der Waals surface area contributed by atoms with Crippen LogP contribution in [0.3, 0.4) is 0 Å². The molecular weight excluding hydrogens is 333 g/mol. The van der Waals surface area contributed by atoms with E-state index in [4.69, 9.17) is 4.74 Å². The maximum atomic E-state index is 12.5. The third-order valence-electron chi connectivity index (χ3n) is 2.90. The summed E-state index contributed by atoms with van der Waals surface area (Å²) in [6.45, 7) is 0.207. The second-order valence-electron chi connectivity index (χ2n) is 4.41. The Labute approximate surface area is 134 Å². The van der Waals surface area contributed by atoms with Crippen molar-refractivity contribution in [3.8, 4) is 5.75 Å². The summed E-state index contributed by atoms with van der Waals surface area (Å²) in [5, 5.41) is 2.94. The van der Waals surface area contributed by atoms with E-state index >= 15 is 0 Å². The number of esters is 1. The van der Waals surface area contributed by atoms with Crippen molar-refractivity contribution in [2.45, 2.75) is 12.7 Å². The van der Waals surface area contributed by atoms with Crippen LogP contribution in [0.5, 0.6) is 5.75 Å². The standard InChI is InChI=1S/C14H13F3N2O3S/c1-21-10-4-3-8(5-9(10)12(20)22-2)6-18-13-19-7-11(23-13)14(15,16)17/h3-5,7H,6H2,1-2H3,(H,18,19). The average molecular weight is 346 g/mol. The van der Waals surface area contributed by atoms with E-state index < -0.39 is 17.0 Å². The molecular formula is C14H13F3N2O3S. The lowest BCUT2D eigenvalue weighted by atomic mass is 10.1. The maximum Gasteiger partial charge on any atom is 0.427 e. The quantitative estimate of drug-likeness (QED) is 0.839. The molecule has 2 aromatic rings. The van der Waals surface area contributed by atoms with Crippen molar-refractivity contribution in [3.63, 3.8) is 0 Å². The van der Waals surface area contributed by atoms with Gasteiger partial charge in [-0.25, -0.2) is 9.78 Å². The molecule has 1 N–H and O–H groups in total. The summed E-state index contributed by atoms with van der Waals surface area (Å²) in [5.74, 6) is -0.202. The van der Waals surface area contributed by atoms with Crippen LogP contribution < -0.4 is 10.1 Å². The molecule has 0 spiro atoms. The zero-order valence-corrected chi connectivity index (χ0v) is 13.0. The Morgan fingerprint density at radius 1 is 1.35 bits per heavy atom. The normalized spacial score (nSPS) is 11.2. The van der Waals surface area contributed by atoms with E-state index in [2.05, 4.69) is 15.0 Å². The smallest absolute Gasteiger partial charge is 0.427 e. The van der Waals surface area contributed by atoms with Gasteiger partial charge in [0.15, 0.2) is 5.13 Å². The summed E-state index contributed by atoms with van der Waals surface area (Å²) in [7, 11) is 2.68. The SMILES string of the molecule is COC(=O)c1cc(CNc2ncc(C(F)(F)F)s2)ccc1OC. The van der Waals surface area contributed by atoms with Crippen LogP contribution in [0.4, 0.5) is 18.3 Å². The van der Waals surface area contributed by atoms with Crippen LogP contribution in [-0.2, 0) is 17.5 Å². The molecule has 0 aliphatic rings. The van der Waals surface area contributed by atoms with Crippen molar-refractivity contribution >= 4 is 22.4 Å². The Hall–Kier alpha value is -2.29. The lowest BCUT2D eigenvalue weighted by Gasteiger charge is -2.09. The van der Waals surface area contributed by atoms with Crippen molar-refractivity contribution in [1.82, 2.24) is 4.98 Å². The zero-order valence-electron chi connectivity index (χ0n) is 12.2. The second kappa shape index (κ2) is 6.86. The zero-order chi connectivity index (χ0) is 17.0. The van der Waals surface area contributed by atoms with Crippen molar-refractivity contribution in [2.24, 2.45) is 0 Å². The molecule has 9 heteroatoms. The number of hydrogen-bond acceptors (Lipinski definition) is 6. The number of alkyl halides is 3. The molecule has 5 nitrogen and oxygen atoms in total. The second-order valence-corrected chi connectivity index (χ2v) is 5.44. The minimum atomic E-state index is -4.41. The van der Waals surface area contributed by atoms with E-state index in [1.54, 1.807) is 18.2 Å². The minimum Gasteiger partial charge on any atom is -0.496 e. The van der Waals surface area contributed by atoms with Gasteiger partial charge in [-0.2, -0.15) is 13.2 Å². The van der Waals surface area contributed by atoms with Gasteiger partial charge in [0, 0.05) is 6.54 Å². The molecule has 0 aliphatic carbocycles. The van der Waals surface area contributed by atoms with Gasteiger partial charge in [-0.3, -0.25) is 0 Å². The summed E-state index contributed by atoms with van der Waals surface area (Å²) >= 11 is 0.518. The number of rotatable bonds is 5. The number of hydrogen-bond donors (Lipinski definition) is 1. The van der Waals surface area contributed by atoms with E-state index in [1.165, 1.54) is 14.2 Å². The fourth-order valence-electron chi connectivity index (χ4n) is 1.80. The van der Waals surface area contributed by atoms with Crippen molar-refractivity contribution in [3.05, 3.63) is 40.4 Å². The van der Waals surface area contributed by atoms with Gasteiger partial charge in [0.05, 0.1) is 20.4 Å². The van der Waals surface area contributed by atoms with Crippen LogP contribution >= 0.6 is 11.3 Å². The number of aromatic nitrogens is 1. The van der Waals surface area contributed by atoms with Gasteiger partial charge < -0.3 is 14.8 Å². The Balaban J connectivity index is 2.11. The Morgan fingerprint density at radius 2 is 2.09 bits per heavy atom. The lowest BCUT2D eigenvalue weighted by molar-refractivity contribution is -0.134. The third kappa shape index (κ3) is 4.13. The van der Waals surface area contributed by atoms with Gasteiger partial charge in [-0.15, -0.1) is 0 Å². The number of carbonyl (C=O) groups is 1. The van der Waals surface area contributed by atoms with E-state index in [9.17, 15) is 18.0 Å². The van der Waals surface area contributed by atoms with Gasteiger partial charge in [0.2, 0.25) is 0 Å². The van der Waals surface area contributed by atoms with Gasteiger partial charge in [-0.1, -0.05) is 17.4 Å². The number of thiazole rings is 1. The van der Waals surface area contributed by atoms with Gasteiger partial charge in [-0.05, 0) is 17.7 Å². The Bertz CT molecular complexity index is 701. The minimum absolute atomic E-state index is 0.146. The van der Waals surface area contributed by atoms with Crippen molar-refractivity contribution in [1.29, 1.82) is 0 Å². The summed E-state index contributed by atoms with van der Waals surface area (Å²) in [5.41, 5.74) is 0.916. The monoisotopic (exact) mass is 346 g/mol. The molecule has 1 aromatic heterocycles. The lowest BCUT2D eigenvalue weighted by Crippen LogP contribution is -2.06. The van der Waals surface area contributed by atoms with E-state index in [-0.39, 0.29) is 17.2 Å². The summed E-state index contributed by atoms with van der Waals surface area (Å²) in [6, 6.07) is 4.83. The van der Waals surface area contributed by atoms with Crippen LogP contribution in [0.25, 0.3) is 0 Å². The van der Waals surface area contributed by atoms with E-state index in [0.29, 0.717) is 22.6 Å². The van der Waals surface area contributed by atoms with Gasteiger partial charge >= 0.3 is 12.1 Å². The molecule has 2 rings (SSSR count). The number of nitrogens with zero attached hydrogens (tertiary/aromatic N) is 1. The first-order valence-electron chi connectivity index (χ1n) is 6.37. The molecule has 1 aromatic carbocycles. The number of halogens is 3. The first kappa shape index (κ1) is 17.1. The first-order valence-corrected chi connectivity index (χ1v) is 7.19. The highest BCUT2D eigenvalue weighted by molar-refractivity contribution is 7.15. The van der Waals surface area contributed by atoms with Crippen LogP contribution in [0.2, 0.25) is 0 Å². The molecule has 0 fully saturated rings. The number of ether oxygens (including phenoxy) is 2. The highest BCUT2D eigenvalue weighted by atomic mass is 32.1. The highest BCUT2D eigenvalue weighted by Crippen LogP contribution is 2.35. The van der Waals surface area contributed by atoms with Crippen LogP contribution in [0, 0.1) is 0 Å². The topological polar surface area (TPSA) is 60.5 Å². The van der Waals surface area contributed by atoms with Gasteiger partial charge in [0.25, 0.3) is 0 Å². The summed E-state index contributed by atoms with van der Waals surface area (Å²) < 4.78 is 47.3. The third-order valence-corrected chi connectivity index (χ3v) is 3.90. The van der Waals surface area contributed by atoms with Crippen LogP contribution in [0.1, 0.15) is 20.8 Å². The number of methoxy groups -OCH3 is 2. The molecule has 0 atom stereocenters. The fourth-order valence-corrected chi connectivity index (χ4v) is 2.48. The Morgan fingerprint density at radius 3 is 2.65 bits per heavy atom. The van der Waals surface area contributed by atoms with E-state index in [0.717, 1.165) is 6.20 Å². The molecule has 0 aliphatic heterocycles. The molecule has 124 valence electrons. The number of benzene rings is 1. The van der Waals surface area contributed by atoms with Crippen LogP contribution in [0.15, 0.2) is 24.4 Å². The molecule has 0 bridgehead atoms. The Kier molecular flexibility index (Phi) is 5.09. The average Bonchev–Trinajstić information content (AvgIpc) is 3.01. The number of carbonyl (C=O) groups excluding carboxylic acids is 1. The van der Waals surface area contributed by atoms with Gasteiger partial charge in [0.1, 0.15) is 16.2 Å². The fraction of sp³-hybridized carbons (Fsp3) is 0.286.